The Balaban J connectivity index is 1.36. The fourth-order valence-corrected chi connectivity index (χ4v) is 62.9. The van der Waals surface area contributed by atoms with Gasteiger partial charge in [-0.1, -0.05) is 295 Å². The predicted octanol–water partition coefficient (Wildman–Crippen LogP) is -0.207. The number of benzene rings is 5. The minimum absolute atomic E-state index is 1.81. The quantitative estimate of drug-likeness (QED) is 0.189. The molecule has 0 unspecified atom stereocenters. The Labute approximate surface area is 373 Å². The van der Waals surface area contributed by atoms with Crippen LogP contribution in [0.15, 0.2) is 60.7 Å². The van der Waals surface area contributed by atoms with Crippen LogP contribution in [0.25, 0.3) is 0 Å². The van der Waals surface area contributed by atoms with Gasteiger partial charge in [-0.3, -0.25) is 0 Å². The first-order chi connectivity index (χ1) is 27.3. The van der Waals surface area contributed by atoms with Crippen molar-refractivity contribution in [1.82, 2.24) is 0 Å². The molecule has 0 aromatic heterocycles. The van der Waals surface area contributed by atoms with Gasteiger partial charge in [0, 0.05) is 0 Å². The van der Waals surface area contributed by atoms with Crippen LogP contribution in [0.1, 0.15) is 0 Å². The smallest absolute Gasteiger partial charge is 0.0631 e. The van der Waals surface area contributed by atoms with E-state index in [1.165, 1.54) is 0 Å². The third kappa shape index (κ3) is 4.37. The van der Waals surface area contributed by atoms with E-state index in [4.69, 9.17) is 0 Å². The Morgan fingerprint density at radius 1 is 0.133 bits per heavy atom. The number of rotatable bonds is 0. The van der Waals surface area contributed by atoms with Crippen molar-refractivity contribution in [3.05, 3.63) is 60.7 Å². The van der Waals surface area contributed by atoms with E-state index in [2.05, 4.69) is 192 Å². The highest BCUT2D eigenvalue weighted by Crippen LogP contribution is 2.25. The molecule has 0 N–H and O–H groups in total. The second kappa shape index (κ2) is 11.0. The van der Waals surface area contributed by atoms with Gasteiger partial charge in [0.15, 0.2) is 0 Å². The Morgan fingerprint density at radius 2 is 0.183 bits per heavy atom. The summed E-state index contributed by atoms with van der Waals surface area (Å²) in [4.78, 5) is 0. The van der Waals surface area contributed by atoms with Gasteiger partial charge in [-0.05, 0) is 0 Å². The third-order valence-electron chi connectivity index (χ3n) is 19.3. The summed E-state index contributed by atoms with van der Waals surface area (Å²) in [5, 5.41) is 36.3. The monoisotopic (exact) mass is 950 g/mol. The zero-order valence-corrected chi connectivity index (χ0v) is 50.8. The van der Waals surface area contributed by atoms with Crippen molar-refractivity contribution in [3.63, 3.8) is 0 Å². The van der Waals surface area contributed by atoms with Crippen LogP contribution in [0.5, 0.6) is 0 Å². The van der Waals surface area contributed by atoms with E-state index in [-0.39, 0.29) is 0 Å². The van der Waals surface area contributed by atoms with E-state index in [1.807, 2.05) is 104 Å². The average molecular weight is 952 g/mol. The maximum absolute atomic E-state index is 2.94. The molecular weight excluding hydrogens is 881 g/mol. The molecular formula is C50H70Si10. The van der Waals surface area contributed by atoms with Crippen LogP contribution >= 0.6 is 0 Å². The van der Waals surface area contributed by atoms with E-state index >= 15 is 0 Å². The number of hydrogen-bond donors (Lipinski definition) is 0. The lowest BCUT2D eigenvalue weighted by Gasteiger charge is -2.52. The summed E-state index contributed by atoms with van der Waals surface area (Å²) < 4.78 is 0. The summed E-state index contributed by atoms with van der Waals surface area (Å²) in [7, 11) is -20.6. The molecule has 10 rings (SSSR count). The van der Waals surface area contributed by atoms with Crippen LogP contribution in [0.4, 0.5) is 0 Å². The molecule has 0 saturated heterocycles. The second-order valence-corrected chi connectivity index (χ2v) is 69.2. The summed E-state index contributed by atoms with van der Waals surface area (Å²) in [6.45, 7) is 55.2. The third-order valence-corrected chi connectivity index (χ3v) is 57.0. The molecule has 0 aliphatic carbocycles. The summed E-state index contributed by atoms with van der Waals surface area (Å²) in [5.74, 6) is 0. The largest absolute Gasteiger partial charge is 0.111 e. The highest BCUT2D eigenvalue weighted by atomic mass is 28.4. The van der Waals surface area contributed by atoms with Gasteiger partial charge >= 0.3 is 0 Å². The normalized spacial score (nSPS) is 24.3. The topological polar surface area (TPSA) is 0 Å². The van der Waals surface area contributed by atoms with E-state index in [9.17, 15) is 0 Å². The van der Waals surface area contributed by atoms with Crippen molar-refractivity contribution in [2.75, 3.05) is 0 Å². The van der Waals surface area contributed by atoms with Crippen molar-refractivity contribution >= 4 is 184 Å². The molecule has 0 fully saturated rings. The molecule has 0 bridgehead atoms. The zero-order chi connectivity index (χ0) is 43.6. The summed E-state index contributed by atoms with van der Waals surface area (Å²) in [5.41, 5.74) is 0. The molecule has 5 heterocycles. The molecule has 0 amide bonds. The standard InChI is InChI=1S/C50H70Si10/c1-51(2)31-21-35-37-23-33(31)52(3,4)34-24-38-36(22-32(34)51)54(7,8)40-26-44-46(28-42(40)56(38,11)12)60(19,20)50-30-49-47(29-48(50)58(44,15)16)57(13,14)43-25-39(53(35,5)6)41(55(37,9)10)27-45(43)59(49,17)18/h21-30H,1-20H3. The van der Waals surface area contributed by atoms with E-state index in [0.717, 1.165) is 0 Å². The van der Waals surface area contributed by atoms with E-state index in [0.29, 0.717) is 0 Å². The fourth-order valence-electron chi connectivity index (χ4n) is 14.8. The van der Waals surface area contributed by atoms with Crippen molar-refractivity contribution < 1.29 is 0 Å². The van der Waals surface area contributed by atoms with Crippen LogP contribution < -0.4 is 104 Å². The van der Waals surface area contributed by atoms with Gasteiger partial charge in [-0.15, -0.1) is 0 Å². The lowest BCUT2D eigenvalue weighted by molar-refractivity contribution is 1.60. The Morgan fingerprint density at radius 3 is 0.233 bits per heavy atom. The molecule has 0 spiro atoms. The summed E-state index contributed by atoms with van der Waals surface area (Å²) >= 11 is 0. The van der Waals surface area contributed by atoms with Gasteiger partial charge in [0.05, 0.1) is 0 Å². The minimum atomic E-state index is -2.06. The van der Waals surface area contributed by atoms with Crippen molar-refractivity contribution in [2.24, 2.45) is 0 Å². The molecule has 0 nitrogen and oxygen atoms in total. The second-order valence-electron chi connectivity index (χ2n) is 26.0. The predicted molar refractivity (Wildman–Crippen MR) is 300 cm³/mol. The van der Waals surface area contributed by atoms with Gasteiger partial charge in [0.2, 0.25) is 0 Å². The van der Waals surface area contributed by atoms with Crippen LogP contribution in [0.2, 0.25) is 131 Å². The molecule has 5 aromatic carbocycles. The van der Waals surface area contributed by atoms with Gasteiger partial charge < -0.3 is 0 Å². The molecule has 5 aliphatic rings. The van der Waals surface area contributed by atoms with Crippen molar-refractivity contribution in [1.29, 1.82) is 0 Å². The molecule has 310 valence electrons. The molecule has 10 heteroatoms. The number of fused-ring (bicyclic) bond motifs is 10. The first-order valence-corrected chi connectivity index (χ1v) is 53.3. The Kier molecular flexibility index (Phi) is 7.53. The van der Waals surface area contributed by atoms with Crippen molar-refractivity contribution in [2.45, 2.75) is 131 Å². The zero-order valence-electron chi connectivity index (χ0n) is 40.8. The molecule has 5 aliphatic heterocycles. The summed E-state index contributed by atoms with van der Waals surface area (Å²) in [6.07, 6.45) is 0. The first-order valence-electron chi connectivity index (χ1n) is 23.3. The molecule has 60 heavy (non-hydrogen) atoms. The highest BCUT2D eigenvalue weighted by Gasteiger charge is 2.56. The van der Waals surface area contributed by atoms with Gasteiger partial charge in [-0.2, -0.15) is 0 Å². The van der Waals surface area contributed by atoms with Crippen LogP contribution in [0, 0.1) is 0 Å². The lowest BCUT2D eigenvalue weighted by Crippen LogP contribution is -2.88. The van der Waals surface area contributed by atoms with Crippen LogP contribution in [-0.2, 0) is 0 Å². The first kappa shape index (κ1) is 41.0. The van der Waals surface area contributed by atoms with Crippen LogP contribution in [-0.4, -0.2) is 80.7 Å². The highest BCUT2D eigenvalue weighted by molar-refractivity contribution is 7.24. The average Bonchev–Trinajstić information content (AvgIpc) is 3.15. The maximum Gasteiger partial charge on any atom is 0.111 e. The maximum atomic E-state index is 2.94. The molecule has 5 aromatic rings. The van der Waals surface area contributed by atoms with E-state index in [1.54, 1.807) is 0 Å². The van der Waals surface area contributed by atoms with E-state index < -0.39 is 80.7 Å². The lowest BCUT2D eigenvalue weighted by atomic mass is 10.3. The fraction of sp³-hybridized carbons (Fsp3) is 0.400. The summed E-state index contributed by atoms with van der Waals surface area (Å²) in [6, 6.07) is 29.4. The van der Waals surface area contributed by atoms with Gasteiger partial charge in [-0.25, -0.2) is 0 Å². The minimum Gasteiger partial charge on any atom is -0.0631 e. The SMILES string of the molecule is C[Si]1(C)c2cc3c4cc2[Si](C)(C)c2cc5c(cc21)[Si](C)(C)c1cc2c(cc1[Si]5(C)C)[Si](C)(C)c1cc5c(cc1[Si]2(C)C)[Si](C)(C)c1cc(c(cc1[Si]5(C)C)[Si]4(C)C)[Si]3(C)C. The Bertz CT molecular complexity index is 2120. The molecule has 0 atom stereocenters. The molecule has 0 radical (unpaired) electrons. The van der Waals surface area contributed by atoms with Crippen molar-refractivity contribution in [3.8, 4) is 0 Å². The van der Waals surface area contributed by atoms with Gasteiger partial charge in [0.1, 0.15) is 80.7 Å². The molecule has 0 saturated carbocycles. The number of hydrogen-bond acceptors (Lipinski definition) is 0. The Hall–Kier alpha value is -1.73. The van der Waals surface area contributed by atoms with Gasteiger partial charge in [0.25, 0.3) is 0 Å². The van der Waals surface area contributed by atoms with Crippen LogP contribution in [0.3, 0.4) is 0 Å².